The van der Waals surface area contributed by atoms with Crippen LogP contribution in [0.1, 0.15) is 11.4 Å². The summed E-state index contributed by atoms with van der Waals surface area (Å²) in [4.78, 5) is 0. The molecule has 0 heterocycles. The number of hydrogen-bond acceptors (Lipinski definition) is 2. The van der Waals surface area contributed by atoms with Gasteiger partial charge in [-0.15, -0.1) is 0 Å². The lowest BCUT2D eigenvalue weighted by Gasteiger charge is -2.25. The molecule has 23 heavy (non-hydrogen) atoms. The van der Waals surface area contributed by atoms with Crippen molar-refractivity contribution in [3.63, 3.8) is 0 Å². The van der Waals surface area contributed by atoms with Crippen LogP contribution in [0.5, 0.6) is 0 Å². The van der Waals surface area contributed by atoms with Crippen molar-refractivity contribution < 1.29 is 9.67 Å². The Morgan fingerprint density at radius 1 is 0.739 bits per heavy atom. The average Bonchev–Trinajstić information content (AvgIpc) is 2.62. The van der Waals surface area contributed by atoms with Gasteiger partial charge in [0.1, 0.15) is 5.85 Å². The van der Waals surface area contributed by atoms with Gasteiger partial charge in [-0.3, -0.25) is 0 Å². The van der Waals surface area contributed by atoms with Gasteiger partial charge in [0, 0.05) is 15.1 Å². The highest BCUT2D eigenvalue weighted by molar-refractivity contribution is 9.10. The van der Waals surface area contributed by atoms with Gasteiger partial charge in [-0.25, -0.2) is 0 Å². The van der Waals surface area contributed by atoms with Gasteiger partial charge in [0.05, 0.1) is 0 Å². The molecule has 0 saturated carbocycles. The number of halogens is 1. The van der Waals surface area contributed by atoms with Crippen molar-refractivity contribution in [2.45, 2.75) is 5.85 Å². The third kappa shape index (κ3) is 3.18. The van der Waals surface area contributed by atoms with Crippen molar-refractivity contribution in [2.75, 3.05) is 0 Å². The van der Waals surface area contributed by atoms with Crippen LogP contribution < -0.4 is 10.6 Å². The molecule has 0 aliphatic heterocycles. The molecule has 0 bridgehead atoms. The predicted octanol–water partition coefficient (Wildman–Crippen LogP) is 4.45. The van der Waals surface area contributed by atoms with Gasteiger partial charge >= 0.3 is 0 Å². The molecule has 3 rings (SSSR count). The van der Waals surface area contributed by atoms with E-state index in [1.54, 1.807) is 12.1 Å². The third-order valence-corrected chi connectivity index (χ3v) is 7.44. The van der Waals surface area contributed by atoms with E-state index in [4.69, 9.17) is 0 Å². The number of aliphatic hydroxyl groups excluding tert-OH is 1. The zero-order chi connectivity index (χ0) is 16.3. The van der Waals surface area contributed by atoms with Crippen LogP contribution in [-0.2, 0) is 4.57 Å². The highest BCUT2D eigenvalue weighted by atomic mass is 79.9. The van der Waals surface area contributed by atoms with Crippen molar-refractivity contribution >= 4 is 33.7 Å². The van der Waals surface area contributed by atoms with Crippen LogP contribution in [0.25, 0.3) is 0 Å². The summed E-state index contributed by atoms with van der Waals surface area (Å²) in [6, 6.07) is 25.7. The maximum atomic E-state index is 13.9. The highest BCUT2D eigenvalue weighted by Gasteiger charge is 2.36. The quantitative estimate of drug-likeness (QED) is 0.672. The average molecular weight is 387 g/mol. The van der Waals surface area contributed by atoms with E-state index < -0.39 is 13.0 Å². The van der Waals surface area contributed by atoms with E-state index >= 15 is 0 Å². The zero-order valence-corrected chi connectivity index (χ0v) is 14.8. The molecular weight excluding hydrogens is 371 g/mol. The van der Waals surface area contributed by atoms with Gasteiger partial charge in [-0.05, 0) is 17.7 Å². The summed E-state index contributed by atoms with van der Waals surface area (Å²) in [5.74, 6) is -1.08. The normalized spacial score (nSPS) is 12.8. The Morgan fingerprint density at radius 3 is 1.61 bits per heavy atom. The van der Waals surface area contributed by atoms with Crippen LogP contribution in [0.4, 0.5) is 0 Å². The van der Waals surface area contributed by atoms with E-state index in [0.717, 1.165) is 4.47 Å². The van der Waals surface area contributed by atoms with Crippen LogP contribution in [0.3, 0.4) is 0 Å². The maximum absolute atomic E-state index is 13.9. The first-order chi connectivity index (χ1) is 11.1. The Hall–Kier alpha value is -1.67. The summed E-state index contributed by atoms with van der Waals surface area (Å²) in [7, 11) is -3.21. The van der Waals surface area contributed by atoms with Gasteiger partial charge in [0.2, 0.25) is 0 Å². The van der Waals surface area contributed by atoms with E-state index in [-0.39, 0.29) is 0 Å². The summed E-state index contributed by atoms with van der Waals surface area (Å²) in [6.07, 6.45) is 0. The minimum atomic E-state index is -3.21. The lowest BCUT2D eigenvalue weighted by molar-refractivity contribution is 0.257. The zero-order valence-electron chi connectivity index (χ0n) is 12.3. The van der Waals surface area contributed by atoms with E-state index in [9.17, 15) is 9.67 Å². The molecule has 4 heteroatoms. The second kappa shape index (κ2) is 6.84. The molecule has 0 aliphatic rings. The van der Waals surface area contributed by atoms with Gasteiger partial charge in [0.15, 0.2) is 7.14 Å². The molecule has 1 atom stereocenters. The Labute approximate surface area is 144 Å². The fourth-order valence-electron chi connectivity index (χ4n) is 2.58. The second-order valence-electron chi connectivity index (χ2n) is 5.25. The molecule has 0 radical (unpaired) electrons. The minimum absolute atomic E-state index is 0.643. The Kier molecular flexibility index (Phi) is 4.82. The first kappa shape index (κ1) is 16.2. The van der Waals surface area contributed by atoms with E-state index in [1.165, 1.54) is 0 Å². The summed E-state index contributed by atoms with van der Waals surface area (Å²) in [5.41, 5.74) is 0.643. The lowest BCUT2D eigenvalue weighted by atomic mass is 10.2. The third-order valence-electron chi connectivity index (χ3n) is 3.79. The summed E-state index contributed by atoms with van der Waals surface area (Å²) in [5, 5.41) is 12.3. The molecular formula is C19H16BrO2P. The van der Waals surface area contributed by atoms with Crippen LogP contribution in [0.2, 0.25) is 0 Å². The number of benzene rings is 3. The first-order valence-corrected chi connectivity index (χ1v) is 9.84. The van der Waals surface area contributed by atoms with Gasteiger partial charge in [-0.1, -0.05) is 88.7 Å². The van der Waals surface area contributed by atoms with E-state index in [0.29, 0.717) is 16.2 Å². The van der Waals surface area contributed by atoms with Crippen molar-refractivity contribution in [1.82, 2.24) is 0 Å². The molecule has 2 nitrogen and oxygen atoms in total. The van der Waals surface area contributed by atoms with Crippen molar-refractivity contribution in [3.8, 4) is 0 Å². The monoisotopic (exact) mass is 386 g/mol. The van der Waals surface area contributed by atoms with Gasteiger partial charge in [0.25, 0.3) is 0 Å². The molecule has 116 valence electrons. The molecule has 3 aromatic rings. The fourth-order valence-corrected chi connectivity index (χ4v) is 5.52. The molecule has 3 aromatic carbocycles. The number of rotatable bonds is 4. The van der Waals surface area contributed by atoms with Gasteiger partial charge < -0.3 is 9.67 Å². The molecule has 0 saturated heterocycles. The lowest BCUT2D eigenvalue weighted by Crippen LogP contribution is -2.21. The largest absolute Gasteiger partial charge is 0.380 e. The smallest absolute Gasteiger partial charge is 0.174 e. The van der Waals surface area contributed by atoms with Crippen LogP contribution in [0, 0.1) is 0 Å². The highest BCUT2D eigenvalue weighted by Crippen LogP contribution is 2.55. The Balaban J connectivity index is 2.16. The van der Waals surface area contributed by atoms with Crippen LogP contribution in [-0.4, -0.2) is 5.11 Å². The molecule has 0 amide bonds. The first-order valence-electron chi connectivity index (χ1n) is 7.27. The predicted molar refractivity (Wildman–Crippen MR) is 98.9 cm³/mol. The molecule has 0 fully saturated rings. The van der Waals surface area contributed by atoms with Crippen molar-refractivity contribution in [2.24, 2.45) is 0 Å². The maximum Gasteiger partial charge on any atom is 0.174 e. The van der Waals surface area contributed by atoms with Crippen molar-refractivity contribution in [1.29, 1.82) is 0 Å². The molecule has 0 spiro atoms. The van der Waals surface area contributed by atoms with Crippen LogP contribution >= 0.6 is 23.1 Å². The summed E-state index contributed by atoms with van der Waals surface area (Å²) >= 11 is 3.38. The molecule has 0 aliphatic carbocycles. The van der Waals surface area contributed by atoms with E-state index in [1.807, 2.05) is 72.8 Å². The summed E-state index contributed by atoms with van der Waals surface area (Å²) in [6.45, 7) is 0. The number of aliphatic hydroxyl groups is 1. The Bertz CT molecular complexity index is 774. The second-order valence-corrected chi connectivity index (χ2v) is 9.01. The molecule has 1 N–H and O–H groups in total. The fraction of sp³-hybridized carbons (Fsp3) is 0.0526. The minimum Gasteiger partial charge on any atom is -0.380 e. The van der Waals surface area contributed by atoms with Gasteiger partial charge in [-0.2, -0.15) is 0 Å². The standard InChI is InChI=1S/C19H16BrO2P/c20-16-13-11-15(12-14-16)19(21)23(22,17-7-3-1-4-8-17)18-9-5-2-6-10-18/h1-14,19,21H/t19-/m1/s1. The molecule has 0 aromatic heterocycles. The SMILES string of the molecule is O=P(c1ccccc1)(c1ccccc1)[C@@H](O)c1ccc(Br)cc1. The van der Waals surface area contributed by atoms with Crippen LogP contribution in [0.15, 0.2) is 89.4 Å². The van der Waals surface area contributed by atoms with Crippen molar-refractivity contribution in [3.05, 3.63) is 95.0 Å². The Morgan fingerprint density at radius 2 is 1.17 bits per heavy atom. The summed E-state index contributed by atoms with van der Waals surface area (Å²) < 4.78 is 14.9. The van der Waals surface area contributed by atoms with E-state index in [2.05, 4.69) is 15.9 Å². The number of hydrogen-bond donors (Lipinski definition) is 1. The molecule has 0 unspecified atom stereocenters. The topological polar surface area (TPSA) is 37.3 Å².